The van der Waals surface area contributed by atoms with Crippen LogP contribution in [0, 0.1) is 41.4 Å². The predicted octanol–water partition coefficient (Wildman–Crippen LogP) is 6.59. The molecule has 23 heavy (non-hydrogen) atoms. The van der Waals surface area contributed by atoms with Crippen LogP contribution in [0.25, 0.3) is 0 Å². The first-order valence-corrected chi connectivity index (χ1v) is 10.2. The Bertz CT molecular complexity index is 362. The second-order valence-electron chi connectivity index (χ2n) is 9.40. The van der Waals surface area contributed by atoms with E-state index in [-0.39, 0.29) is 5.92 Å². The van der Waals surface area contributed by atoms with Crippen molar-refractivity contribution in [3.63, 3.8) is 0 Å². The lowest BCUT2D eigenvalue weighted by molar-refractivity contribution is -0.00193. The molecule has 0 bridgehead atoms. The number of rotatable bonds is 2. The zero-order valence-corrected chi connectivity index (χ0v) is 15.3. The summed E-state index contributed by atoms with van der Waals surface area (Å²) in [6.45, 7) is 6.69. The topological polar surface area (TPSA) is 0 Å². The van der Waals surface area contributed by atoms with Crippen LogP contribution in [0.2, 0.25) is 0 Å². The zero-order valence-electron chi connectivity index (χ0n) is 15.3. The Morgan fingerprint density at radius 1 is 0.609 bits per heavy atom. The van der Waals surface area contributed by atoms with Crippen LogP contribution in [0.1, 0.15) is 78.6 Å². The molecule has 0 amide bonds. The van der Waals surface area contributed by atoms with E-state index in [2.05, 4.69) is 13.8 Å². The molecule has 134 valence electrons. The third-order valence-corrected chi connectivity index (χ3v) is 7.70. The average molecular weight is 327 g/mol. The molecule has 0 heterocycles. The van der Waals surface area contributed by atoms with Gasteiger partial charge in [0, 0.05) is 0 Å². The van der Waals surface area contributed by atoms with Crippen molar-refractivity contribution in [1.82, 2.24) is 0 Å². The van der Waals surface area contributed by atoms with E-state index in [4.69, 9.17) is 0 Å². The van der Waals surface area contributed by atoms with E-state index in [1.54, 1.807) is 0 Å². The molecule has 7 atom stereocenters. The Balaban J connectivity index is 1.54. The lowest BCUT2D eigenvalue weighted by Gasteiger charge is -2.45. The molecule has 3 aliphatic rings. The number of alkyl halides is 2. The highest BCUT2D eigenvalue weighted by molar-refractivity contribution is 4.92. The van der Waals surface area contributed by atoms with Gasteiger partial charge in [-0.3, -0.25) is 0 Å². The fourth-order valence-corrected chi connectivity index (χ4v) is 6.18. The molecule has 0 aromatic carbocycles. The fraction of sp³-hybridized carbons (Fsp3) is 1.00. The SMILES string of the molecule is CC1CCC(C2CCC(C3CC(C)C(F)C(F)C3)C(C)C2)CC1. The molecule has 0 N–H and O–H groups in total. The van der Waals surface area contributed by atoms with E-state index in [0.29, 0.717) is 24.2 Å². The van der Waals surface area contributed by atoms with E-state index < -0.39 is 12.3 Å². The summed E-state index contributed by atoms with van der Waals surface area (Å²) < 4.78 is 27.8. The van der Waals surface area contributed by atoms with E-state index in [1.807, 2.05) is 6.92 Å². The molecule has 2 heteroatoms. The molecule has 0 aromatic rings. The Morgan fingerprint density at radius 2 is 1.22 bits per heavy atom. The molecule has 0 aliphatic heterocycles. The van der Waals surface area contributed by atoms with Gasteiger partial charge in [0.05, 0.1) is 0 Å². The second-order valence-corrected chi connectivity index (χ2v) is 9.40. The van der Waals surface area contributed by atoms with Crippen molar-refractivity contribution < 1.29 is 8.78 Å². The van der Waals surface area contributed by atoms with Gasteiger partial charge in [-0.2, -0.15) is 0 Å². The van der Waals surface area contributed by atoms with Gasteiger partial charge in [-0.25, -0.2) is 8.78 Å². The van der Waals surface area contributed by atoms with Gasteiger partial charge in [-0.1, -0.05) is 33.6 Å². The van der Waals surface area contributed by atoms with E-state index in [0.717, 1.165) is 24.2 Å². The van der Waals surface area contributed by atoms with Crippen molar-refractivity contribution in [2.24, 2.45) is 41.4 Å². The van der Waals surface area contributed by atoms with Crippen molar-refractivity contribution in [2.45, 2.75) is 90.9 Å². The lowest BCUT2D eigenvalue weighted by atomic mass is 9.61. The summed E-state index contributed by atoms with van der Waals surface area (Å²) >= 11 is 0. The van der Waals surface area contributed by atoms with E-state index in [1.165, 1.54) is 44.9 Å². The van der Waals surface area contributed by atoms with Gasteiger partial charge in [0.1, 0.15) is 12.3 Å². The highest BCUT2D eigenvalue weighted by atomic mass is 19.2. The van der Waals surface area contributed by atoms with Gasteiger partial charge in [-0.15, -0.1) is 0 Å². The summed E-state index contributed by atoms with van der Waals surface area (Å²) in [5.74, 6) is 4.46. The lowest BCUT2D eigenvalue weighted by Crippen LogP contribution is -2.40. The number of halogens is 2. The van der Waals surface area contributed by atoms with Crippen molar-refractivity contribution in [3.05, 3.63) is 0 Å². The van der Waals surface area contributed by atoms with Gasteiger partial charge in [-0.05, 0) is 86.4 Å². The molecule has 3 saturated carbocycles. The summed E-state index contributed by atoms with van der Waals surface area (Å²) in [7, 11) is 0. The number of hydrogen-bond donors (Lipinski definition) is 0. The van der Waals surface area contributed by atoms with Crippen LogP contribution >= 0.6 is 0 Å². The van der Waals surface area contributed by atoms with E-state index in [9.17, 15) is 8.78 Å². The van der Waals surface area contributed by atoms with Gasteiger partial charge >= 0.3 is 0 Å². The fourth-order valence-electron chi connectivity index (χ4n) is 6.18. The largest absolute Gasteiger partial charge is 0.244 e. The first kappa shape index (κ1) is 17.7. The summed E-state index contributed by atoms with van der Waals surface area (Å²) in [6, 6.07) is 0. The Kier molecular flexibility index (Phi) is 5.68. The highest BCUT2D eigenvalue weighted by Gasteiger charge is 2.42. The molecule has 0 nitrogen and oxygen atoms in total. The van der Waals surface area contributed by atoms with Gasteiger partial charge in [0.15, 0.2) is 0 Å². The minimum absolute atomic E-state index is 0.0893. The Hall–Kier alpha value is -0.140. The van der Waals surface area contributed by atoms with Gasteiger partial charge in [0.2, 0.25) is 0 Å². The average Bonchev–Trinajstić information content (AvgIpc) is 2.53. The van der Waals surface area contributed by atoms with Gasteiger partial charge < -0.3 is 0 Å². The molecule has 0 aromatic heterocycles. The maximum Gasteiger partial charge on any atom is 0.134 e. The zero-order chi connectivity index (χ0) is 16.6. The molecular formula is C21H36F2. The van der Waals surface area contributed by atoms with Crippen LogP contribution in [0.3, 0.4) is 0 Å². The number of hydrogen-bond acceptors (Lipinski definition) is 0. The summed E-state index contributed by atoms with van der Waals surface area (Å²) in [4.78, 5) is 0. The third kappa shape index (κ3) is 3.93. The molecule has 0 radical (unpaired) electrons. The smallest absolute Gasteiger partial charge is 0.134 e. The molecule has 0 spiro atoms. The molecule has 0 saturated heterocycles. The summed E-state index contributed by atoms with van der Waals surface area (Å²) in [5, 5.41) is 0. The minimum Gasteiger partial charge on any atom is -0.244 e. The quantitative estimate of drug-likeness (QED) is 0.537. The first-order chi connectivity index (χ1) is 11.0. The molecule has 3 fully saturated rings. The molecule has 3 aliphatic carbocycles. The molecular weight excluding hydrogens is 290 g/mol. The van der Waals surface area contributed by atoms with Crippen molar-refractivity contribution in [1.29, 1.82) is 0 Å². The standard InChI is InChI=1S/C21H36F2/c1-13-4-6-16(7-5-13)17-8-9-19(14(2)10-17)18-11-15(3)21(23)20(22)12-18/h13-21H,4-12H2,1-3H3. The second kappa shape index (κ2) is 7.40. The van der Waals surface area contributed by atoms with E-state index >= 15 is 0 Å². The van der Waals surface area contributed by atoms with Crippen LogP contribution in [-0.2, 0) is 0 Å². The maximum absolute atomic E-state index is 14.0. The normalized spacial score (nSPS) is 52.3. The van der Waals surface area contributed by atoms with Crippen LogP contribution in [0.5, 0.6) is 0 Å². The van der Waals surface area contributed by atoms with Crippen molar-refractivity contribution in [3.8, 4) is 0 Å². The predicted molar refractivity (Wildman–Crippen MR) is 92.8 cm³/mol. The monoisotopic (exact) mass is 326 g/mol. The highest BCUT2D eigenvalue weighted by Crippen LogP contribution is 2.49. The van der Waals surface area contributed by atoms with Crippen LogP contribution in [0.4, 0.5) is 8.78 Å². The Labute approximate surface area is 141 Å². The van der Waals surface area contributed by atoms with Crippen LogP contribution in [0.15, 0.2) is 0 Å². The Morgan fingerprint density at radius 3 is 1.83 bits per heavy atom. The summed E-state index contributed by atoms with van der Waals surface area (Å²) in [6.07, 6.45) is 8.59. The molecule has 7 unspecified atom stereocenters. The third-order valence-electron chi connectivity index (χ3n) is 7.70. The van der Waals surface area contributed by atoms with Crippen LogP contribution in [-0.4, -0.2) is 12.3 Å². The minimum atomic E-state index is -1.22. The maximum atomic E-state index is 14.0. The summed E-state index contributed by atoms with van der Waals surface area (Å²) in [5.41, 5.74) is 0. The molecule has 3 rings (SSSR count). The van der Waals surface area contributed by atoms with Gasteiger partial charge in [0.25, 0.3) is 0 Å². The van der Waals surface area contributed by atoms with Crippen molar-refractivity contribution >= 4 is 0 Å². The van der Waals surface area contributed by atoms with Crippen LogP contribution < -0.4 is 0 Å². The van der Waals surface area contributed by atoms with Crippen molar-refractivity contribution in [2.75, 3.05) is 0 Å². The first-order valence-electron chi connectivity index (χ1n) is 10.2.